The first-order valence-electron chi connectivity index (χ1n) is 4.76. The molecule has 1 N–H and O–H groups in total. The van der Waals surface area contributed by atoms with Crippen LogP contribution in [-0.4, -0.2) is 23.6 Å². The van der Waals surface area contributed by atoms with Gasteiger partial charge < -0.3 is 4.18 Å². The maximum Gasteiger partial charge on any atom is 0.416 e. The smallest absolute Gasteiger partial charge is 0.377 e. The van der Waals surface area contributed by atoms with Crippen LogP contribution in [0.3, 0.4) is 0 Å². The lowest BCUT2D eigenvalue weighted by Gasteiger charge is -2.07. The summed E-state index contributed by atoms with van der Waals surface area (Å²) in [6, 6.07) is 3.21. The molecule has 0 aliphatic carbocycles. The molecule has 0 fully saturated rings. The first-order valence-corrected chi connectivity index (χ1v) is 6.17. The van der Waals surface area contributed by atoms with Crippen molar-refractivity contribution in [2.45, 2.75) is 11.3 Å². The largest absolute Gasteiger partial charge is 0.416 e. The molecule has 0 atom stereocenters. The van der Waals surface area contributed by atoms with Crippen LogP contribution in [0, 0.1) is 0 Å². The number of hydrogen-bond donors (Lipinski definition) is 1. The van der Waals surface area contributed by atoms with Crippen LogP contribution in [-0.2, 0) is 16.3 Å². The van der Waals surface area contributed by atoms with Gasteiger partial charge in [-0.3, -0.25) is 5.10 Å². The normalized spacial score (nSPS) is 12.4. The fourth-order valence-corrected chi connectivity index (χ4v) is 1.97. The first-order chi connectivity index (χ1) is 8.79. The van der Waals surface area contributed by atoms with Crippen molar-refractivity contribution in [3.8, 4) is 5.75 Å². The molecular weight excluding hydrogens is 287 g/mol. The Morgan fingerprint density at radius 2 is 1.79 bits per heavy atom. The molecule has 0 saturated carbocycles. The third-order valence-corrected chi connectivity index (χ3v) is 3.06. The molecule has 0 saturated heterocycles. The number of nitrogens with zero attached hydrogens (tertiary/aromatic N) is 2. The Balaban J connectivity index is 2.21. The van der Waals surface area contributed by atoms with Crippen LogP contribution >= 0.6 is 0 Å². The Kier molecular flexibility index (Phi) is 3.18. The molecule has 1 aromatic heterocycles. The third kappa shape index (κ3) is 3.02. The second-order valence-electron chi connectivity index (χ2n) is 3.34. The average Bonchev–Trinajstić information content (AvgIpc) is 2.82. The Morgan fingerprint density at radius 3 is 2.26 bits per heavy atom. The van der Waals surface area contributed by atoms with E-state index in [1.807, 2.05) is 0 Å². The molecule has 0 aliphatic rings. The molecule has 0 aliphatic heterocycles. The molecule has 1 heterocycles. The van der Waals surface area contributed by atoms with E-state index in [-0.39, 0.29) is 5.75 Å². The van der Waals surface area contributed by atoms with Crippen molar-refractivity contribution in [2.75, 3.05) is 0 Å². The number of rotatable bonds is 3. The maximum atomic E-state index is 12.3. The molecule has 6 nitrogen and oxygen atoms in total. The molecule has 1 aromatic carbocycles. The van der Waals surface area contributed by atoms with Crippen LogP contribution in [0.25, 0.3) is 0 Å². The van der Waals surface area contributed by atoms with Gasteiger partial charge in [-0.1, -0.05) is 0 Å². The average molecular weight is 293 g/mol. The summed E-state index contributed by atoms with van der Waals surface area (Å²) in [6.07, 6.45) is -3.47. The highest BCUT2D eigenvalue weighted by Gasteiger charge is 2.30. The van der Waals surface area contributed by atoms with Crippen LogP contribution in [0.2, 0.25) is 0 Å². The number of aromatic nitrogens is 3. The van der Waals surface area contributed by atoms with E-state index in [2.05, 4.69) is 19.4 Å². The van der Waals surface area contributed by atoms with E-state index in [9.17, 15) is 21.6 Å². The van der Waals surface area contributed by atoms with Crippen molar-refractivity contribution in [1.82, 2.24) is 15.2 Å². The van der Waals surface area contributed by atoms with Gasteiger partial charge in [0.15, 0.2) is 0 Å². The van der Waals surface area contributed by atoms with Crippen LogP contribution in [0.15, 0.2) is 35.7 Å². The Bertz CT molecular complexity index is 650. The van der Waals surface area contributed by atoms with E-state index in [0.717, 1.165) is 18.5 Å². The zero-order valence-corrected chi connectivity index (χ0v) is 9.86. The second kappa shape index (κ2) is 4.53. The molecule has 0 bridgehead atoms. The van der Waals surface area contributed by atoms with Gasteiger partial charge in [-0.05, 0) is 24.3 Å². The number of halogens is 3. The zero-order valence-electron chi connectivity index (χ0n) is 9.05. The lowest BCUT2D eigenvalue weighted by Crippen LogP contribution is -2.12. The fraction of sp³-hybridized carbons (Fsp3) is 0.111. The molecule has 0 radical (unpaired) electrons. The minimum Gasteiger partial charge on any atom is -0.377 e. The molecule has 0 unspecified atom stereocenters. The molecular formula is C9H6F3N3O3S. The van der Waals surface area contributed by atoms with Gasteiger partial charge in [0.1, 0.15) is 12.1 Å². The van der Waals surface area contributed by atoms with Gasteiger partial charge in [0.25, 0.3) is 0 Å². The summed E-state index contributed by atoms with van der Waals surface area (Å²) >= 11 is 0. The number of H-pyrrole nitrogens is 1. The zero-order chi connectivity index (χ0) is 14.1. The Morgan fingerprint density at radius 1 is 1.16 bits per heavy atom. The Hall–Kier alpha value is -2.10. The molecule has 2 rings (SSSR count). The van der Waals surface area contributed by atoms with Gasteiger partial charge in [-0.2, -0.15) is 21.6 Å². The van der Waals surface area contributed by atoms with Crippen molar-refractivity contribution in [3.63, 3.8) is 0 Å². The number of hydrogen-bond acceptors (Lipinski definition) is 5. The molecule has 102 valence electrons. The van der Waals surface area contributed by atoms with Crippen molar-refractivity contribution in [1.29, 1.82) is 0 Å². The molecule has 0 spiro atoms. The van der Waals surface area contributed by atoms with Crippen molar-refractivity contribution in [2.24, 2.45) is 0 Å². The molecule has 2 aromatic rings. The maximum absolute atomic E-state index is 12.3. The van der Waals surface area contributed by atoms with Gasteiger partial charge >= 0.3 is 21.5 Å². The highest BCUT2D eigenvalue weighted by molar-refractivity contribution is 7.86. The summed E-state index contributed by atoms with van der Waals surface area (Å²) in [5, 5.41) is 4.89. The van der Waals surface area contributed by atoms with Gasteiger partial charge in [-0.25, -0.2) is 4.98 Å². The van der Waals surface area contributed by atoms with E-state index >= 15 is 0 Å². The summed E-state index contributed by atoms with van der Waals surface area (Å²) in [6.45, 7) is 0. The lowest BCUT2D eigenvalue weighted by molar-refractivity contribution is -0.137. The number of alkyl halides is 3. The standard InChI is InChI=1S/C9H6F3N3O3S/c10-9(11,12)6-1-3-7(4-2-6)18-19(16,17)8-13-5-14-15-8/h1-5H,(H,13,14,15). The topological polar surface area (TPSA) is 84.9 Å². The van der Waals surface area contributed by atoms with Crippen molar-refractivity contribution >= 4 is 10.1 Å². The van der Waals surface area contributed by atoms with Crippen molar-refractivity contribution < 1.29 is 25.8 Å². The van der Waals surface area contributed by atoms with E-state index in [4.69, 9.17) is 0 Å². The van der Waals surface area contributed by atoms with Crippen molar-refractivity contribution in [3.05, 3.63) is 36.2 Å². The lowest BCUT2D eigenvalue weighted by atomic mass is 10.2. The SMILES string of the molecule is O=S(=O)(Oc1ccc(C(F)(F)F)cc1)c1nc[nH]n1. The minimum absolute atomic E-state index is 0.266. The van der Waals surface area contributed by atoms with Gasteiger partial charge in [0.2, 0.25) is 0 Å². The fourth-order valence-electron chi connectivity index (χ4n) is 1.18. The van der Waals surface area contributed by atoms with E-state index in [1.165, 1.54) is 0 Å². The summed E-state index contributed by atoms with van der Waals surface area (Å²) in [4.78, 5) is 3.38. The Labute approximate surface area is 105 Å². The summed E-state index contributed by atoms with van der Waals surface area (Å²) in [5.41, 5.74) is -0.907. The molecule has 10 heteroatoms. The predicted molar refractivity (Wildman–Crippen MR) is 55.6 cm³/mol. The van der Waals surface area contributed by atoms with Crippen LogP contribution in [0.4, 0.5) is 13.2 Å². The highest BCUT2D eigenvalue weighted by Crippen LogP contribution is 2.30. The van der Waals surface area contributed by atoms with Crippen LogP contribution in [0.5, 0.6) is 5.75 Å². The van der Waals surface area contributed by atoms with E-state index in [1.54, 1.807) is 0 Å². The van der Waals surface area contributed by atoms with Crippen LogP contribution in [0.1, 0.15) is 5.56 Å². The number of aromatic amines is 1. The molecule has 19 heavy (non-hydrogen) atoms. The van der Waals surface area contributed by atoms with Crippen LogP contribution < -0.4 is 4.18 Å². The second-order valence-corrected chi connectivity index (χ2v) is 4.78. The minimum atomic E-state index is -4.50. The first kappa shape index (κ1) is 13.3. The van der Waals surface area contributed by atoms with Gasteiger partial charge in [0, 0.05) is 0 Å². The summed E-state index contributed by atoms with van der Waals surface area (Å²) < 4.78 is 64.6. The van der Waals surface area contributed by atoms with Gasteiger partial charge in [0.05, 0.1) is 5.56 Å². The third-order valence-electron chi connectivity index (χ3n) is 2.00. The summed E-state index contributed by atoms with van der Waals surface area (Å²) in [7, 11) is -4.25. The number of nitrogens with one attached hydrogen (secondary N) is 1. The summed E-state index contributed by atoms with van der Waals surface area (Å²) in [5.74, 6) is -0.266. The van der Waals surface area contributed by atoms with Gasteiger partial charge in [-0.15, -0.1) is 5.10 Å². The predicted octanol–water partition coefficient (Wildman–Crippen LogP) is 1.59. The highest BCUT2D eigenvalue weighted by atomic mass is 32.2. The quantitative estimate of drug-likeness (QED) is 0.869. The van der Waals surface area contributed by atoms with E-state index < -0.39 is 27.0 Å². The monoisotopic (exact) mass is 293 g/mol. The number of benzene rings is 1. The van der Waals surface area contributed by atoms with E-state index in [0.29, 0.717) is 12.1 Å². The molecule has 0 amide bonds.